The van der Waals surface area contributed by atoms with Gasteiger partial charge in [0.05, 0.1) is 5.69 Å². The number of nitrogens with one attached hydrogen (secondary N) is 2. The van der Waals surface area contributed by atoms with Gasteiger partial charge in [-0.2, -0.15) is 5.10 Å². The summed E-state index contributed by atoms with van der Waals surface area (Å²) in [5.74, 6) is -2.10. The standard InChI is InChI=1S/C25H23ClFN3O3/c26-18-6-3-4-16(13-18)12-17-5-1-2-7-20-22(17)29-30-23(20)24(31)28-21(25(32)33)14-15-8-10-19(27)11-9-15/h3-4,6,8-13,21H,1-2,5,7,14H2,(H,28,31)(H,29,30)(H,32,33)/t21-/m1/s1. The third kappa shape index (κ3) is 5.49. The quantitative estimate of drug-likeness (QED) is 0.449. The maximum atomic E-state index is 13.2. The van der Waals surface area contributed by atoms with Crippen molar-refractivity contribution in [2.75, 3.05) is 0 Å². The summed E-state index contributed by atoms with van der Waals surface area (Å²) >= 11 is 6.11. The lowest BCUT2D eigenvalue weighted by atomic mass is 10.0. The van der Waals surface area contributed by atoms with Gasteiger partial charge in [-0.25, -0.2) is 9.18 Å². The zero-order chi connectivity index (χ0) is 23.4. The minimum atomic E-state index is -1.17. The second-order valence-electron chi connectivity index (χ2n) is 8.05. The van der Waals surface area contributed by atoms with Gasteiger partial charge in [-0.05, 0) is 72.7 Å². The molecule has 3 aromatic rings. The number of fused-ring (bicyclic) bond motifs is 1. The normalized spacial score (nSPS) is 15.5. The number of aromatic amines is 1. The van der Waals surface area contributed by atoms with E-state index in [4.69, 9.17) is 11.6 Å². The van der Waals surface area contributed by atoms with Gasteiger partial charge in [0, 0.05) is 17.0 Å². The van der Waals surface area contributed by atoms with E-state index in [1.807, 2.05) is 30.3 Å². The molecule has 8 heteroatoms. The monoisotopic (exact) mass is 467 g/mol. The maximum absolute atomic E-state index is 13.2. The Bertz CT molecular complexity index is 1200. The number of carbonyl (C=O) groups excluding carboxylic acids is 1. The Morgan fingerprint density at radius 3 is 2.67 bits per heavy atom. The van der Waals surface area contributed by atoms with Crippen LogP contribution in [0.2, 0.25) is 5.02 Å². The summed E-state index contributed by atoms with van der Waals surface area (Å²) < 4.78 is 13.2. The van der Waals surface area contributed by atoms with E-state index < -0.39 is 23.7 Å². The summed E-state index contributed by atoms with van der Waals surface area (Å²) in [4.78, 5) is 24.8. The molecule has 1 aliphatic rings. The minimum Gasteiger partial charge on any atom is -0.480 e. The number of amides is 1. The molecule has 6 nitrogen and oxygen atoms in total. The van der Waals surface area contributed by atoms with Gasteiger partial charge in [-0.3, -0.25) is 9.89 Å². The number of benzene rings is 2. The highest BCUT2D eigenvalue weighted by Crippen LogP contribution is 2.32. The van der Waals surface area contributed by atoms with Crippen molar-refractivity contribution in [1.29, 1.82) is 0 Å². The maximum Gasteiger partial charge on any atom is 0.326 e. The number of carboxylic acid groups (broad SMARTS) is 1. The Balaban J connectivity index is 1.58. The van der Waals surface area contributed by atoms with Crippen molar-refractivity contribution in [3.05, 3.63) is 87.4 Å². The summed E-state index contributed by atoms with van der Waals surface area (Å²) in [7, 11) is 0. The molecule has 4 rings (SSSR count). The largest absolute Gasteiger partial charge is 0.480 e. The van der Waals surface area contributed by atoms with Crippen molar-refractivity contribution >= 4 is 35.1 Å². The van der Waals surface area contributed by atoms with Crippen molar-refractivity contribution in [1.82, 2.24) is 15.5 Å². The lowest BCUT2D eigenvalue weighted by molar-refractivity contribution is -0.139. The fraction of sp³-hybridized carbons (Fsp3) is 0.240. The highest BCUT2D eigenvalue weighted by atomic mass is 35.5. The van der Waals surface area contributed by atoms with Crippen LogP contribution in [0, 0.1) is 5.82 Å². The summed E-state index contributed by atoms with van der Waals surface area (Å²) in [5.41, 5.74) is 4.34. The van der Waals surface area contributed by atoms with Crippen LogP contribution in [0.4, 0.5) is 4.39 Å². The molecule has 0 radical (unpaired) electrons. The molecule has 2 aromatic carbocycles. The summed E-state index contributed by atoms with van der Waals surface area (Å²) in [6.45, 7) is 0. The predicted octanol–water partition coefficient (Wildman–Crippen LogP) is 4.89. The molecule has 0 saturated carbocycles. The molecule has 1 heterocycles. The lowest BCUT2D eigenvalue weighted by Gasteiger charge is -2.15. The molecule has 33 heavy (non-hydrogen) atoms. The molecule has 0 fully saturated rings. The molecular formula is C25H23ClFN3O3. The van der Waals surface area contributed by atoms with E-state index in [1.54, 1.807) is 0 Å². The molecule has 3 N–H and O–H groups in total. The molecule has 1 aromatic heterocycles. The number of H-pyrrole nitrogens is 1. The molecule has 1 atom stereocenters. The SMILES string of the molecule is O=C(N[C@H](Cc1ccc(F)cc1)C(=O)O)c1[nH]nc2c1CCCCC2=Cc1cccc(Cl)c1. The number of hydrogen-bond acceptors (Lipinski definition) is 3. The minimum absolute atomic E-state index is 0.0393. The zero-order valence-electron chi connectivity index (χ0n) is 17.8. The molecule has 0 spiro atoms. The zero-order valence-corrected chi connectivity index (χ0v) is 18.5. The summed E-state index contributed by atoms with van der Waals surface area (Å²) in [6.07, 6.45) is 5.37. The number of carboxylic acids is 1. The number of aromatic nitrogens is 2. The van der Waals surface area contributed by atoms with E-state index in [0.717, 1.165) is 41.7 Å². The van der Waals surface area contributed by atoms with Crippen LogP contribution in [-0.2, 0) is 17.6 Å². The van der Waals surface area contributed by atoms with Crippen LogP contribution >= 0.6 is 11.6 Å². The number of halogens is 2. The van der Waals surface area contributed by atoms with Crippen LogP contribution in [-0.4, -0.2) is 33.2 Å². The second kappa shape index (κ2) is 10.0. The average molecular weight is 468 g/mol. The van der Waals surface area contributed by atoms with Gasteiger partial charge in [0.15, 0.2) is 0 Å². The van der Waals surface area contributed by atoms with Crippen LogP contribution < -0.4 is 5.32 Å². The van der Waals surface area contributed by atoms with Crippen molar-refractivity contribution < 1.29 is 19.1 Å². The fourth-order valence-electron chi connectivity index (χ4n) is 4.02. The Hall–Kier alpha value is -3.45. The van der Waals surface area contributed by atoms with Crippen molar-refractivity contribution in [3.8, 4) is 0 Å². The number of rotatable bonds is 6. The van der Waals surface area contributed by atoms with Crippen LogP contribution in [0.1, 0.15) is 52.1 Å². The van der Waals surface area contributed by atoms with Gasteiger partial charge in [0.2, 0.25) is 0 Å². The first-order valence-corrected chi connectivity index (χ1v) is 11.1. The highest BCUT2D eigenvalue weighted by molar-refractivity contribution is 6.30. The van der Waals surface area contributed by atoms with E-state index in [1.165, 1.54) is 24.3 Å². The number of hydrogen-bond donors (Lipinski definition) is 3. The molecule has 0 bridgehead atoms. The fourth-order valence-corrected chi connectivity index (χ4v) is 4.22. The van der Waals surface area contributed by atoms with Gasteiger partial charge >= 0.3 is 5.97 Å². The van der Waals surface area contributed by atoms with Crippen molar-refractivity contribution in [3.63, 3.8) is 0 Å². The first-order chi connectivity index (χ1) is 15.9. The molecule has 1 aliphatic carbocycles. The first-order valence-electron chi connectivity index (χ1n) is 10.7. The van der Waals surface area contributed by atoms with Gasteiger partial charge in [-0.15, -0.1) is 0 Å². The average Bonchev–Trinajstić information content (AvgIpc) is 3.11. The molecule has 0 unspecified atom stereocenters. The molecular weight excluding hydrogens is 445 g/mol. The lowest BCUT2D eigenvalue weighted by Crippen LogP contribution is -2.42. The van der Waals surface area contributed by atoms with Crippen LogP contribution in [0.3, 0.4) is 0 Å². The van der Waals surface area contributed by atoms with Crippen LogP contribution in [0.15, 0.2) is 48.5 Å². The Kier molecular flexibility index (Phi) is 6.89. The summed E-state index contributed by atoms with van der Waals surface area (Å²) in [6, 6.07) is 11.9. The molecule has 170 valence electrons. The van der Waals surface area contributed by atoms with Crippen LogP contribution in [0.5, 0.6) is 0 Å². The van der Waals surface area contributed by atoms with E-state index in [0.29, 0.717) is 17.0 Å². The van der Waals surface area contributed by atoms with Gasteiger partial charge < -0.3 is 10.4 Å². The van der Waals surface area contributed by atoms with E-state index in [9.17, 15) is 19.1 Å². The van der Waals surface area contributed by atoms with Gasteiger partial charge in [0.25, 0.3) is 5.91 Å². The van der Waals surface area contributed by atoms with Gasteiger partial charge in [-0.1, -0.05) is 35.9 Å². The predicted molar refractivity (Wildman–Crippen MR) is 124 cm³/mol. The number of aliphatic carboxylic acids is 1. The topological polar surface area (TPSA) is 95.1 Å². The first kappa shape index (κ1) is 22.7. The van der Waals surface area contributed by atoms with Gasteiger partial charge in [0.1, 0.15) is 17.6 Å². The highest BCUT2D eigenvalue weighted by Gasteiger charge is 2.27. The van der Waals surface area contributed by atoms with Crippen LogP contribution in [0.25, 0.3) is 11.6 Å². The third-order valence-electron chi connectivity index (χ3n) is 5.67. The Morgan fingerprint density at radius 2 is 1.94 bits per heavy atom. The number of nitrogens with zero attached hydrogens (tertiary/aromatic N) is 1. The Labute approximate surface area is 195 Å². The van der Waals surface area contributed by atoms with E-state index in [-0.39, 0.29) is 12.1 Å². The third-order valence-corrected chi connectivity index (χ3v) is 5.90. The summed E-state index contributed by atoms with van der Waals surface area (Å²) in [5, 5.41) is 20.1. The van der Waals surface area contributed by atoms with E-state index in [2.05, 4.69) is 15.5 Å². The van der Waals surface area contributed by atoms with Crippen molar-refractivity contribution in [2.24, 2.45) is 0 Å². The molecule has 0 aliphatic heterocycles. The van der Waals surface area contributed by atoms with E-state index >= 15 is 0 Å². The smallest absolute Gasteiger partial charge is 0.326 e. The number of carbonyl (C=O) groups is 2. The number of allylic oxidation sites excluding steroid dienone is 1. The second-order valence-corrected chi connectivity index (χ2v) is 8.49. The Morgan fingerprint density at radius 1 is 1.18 bits per heavy atom. The molecule has 1 amide bonds. The molecule has 0 saturated heterocycles. The van der Waals surface area contributed by atoms with Crippen molar-refractivity contribution in [2.45, 2.75) is 38.1 Å².